The third kappa shape index (κ3) is 2.81. The Bertz CT molecular complexity index is 527. The number of benzene rings is 1. The maximum Gasteiger partial charge on any atom is 0.223 e. The number of rotatable bonds is 1. The van der Waals surface area contributed by atoms with Gasteiger partial charge in [-0.25, -0.2) is 4.39 Å². The number of halogens is 2. The summed E-state index contributed by atoms with van der Waals surface area (Å²) >= 11 is 5.97. The van der Waals surface area contributed by atoms with Crippen molar-refractivity contribution < 1.29 is 9.18 Å². The summed E-state index contributed by atoms with van der Waals surface area (Å²) < 4.78 is 14.2. The molecule has 110 valence electrons. The minimum absolute atomic E-state index is 0.00331. The average Bonchev–Trinajstić information content (AvgIpc) is 2.33. The van der Waals surface area contributed by atoms with Crippen LogP contribution < -0.4 is 5.73 Å². The molecule has 1 saturated heterocycles. The first-order valence-corrected chi connectivity index (χ1v) is 7.12. The number of carbonyl (C=O) groups excluding carboxylic acids is 1. The van der Waals surface area contributed by atoms with E-state index >= 15 is 0 Å². The molecule has 20 heavy (non-hydrogen) atoms. The fourth-order valence-corrected chi connectivity index (χ4v) is 3.00. The second-order valence-corrected chi connectivity index (χ2v) is 6.68. The van der Waals surface area contributed by atoms with Crippen LogP contribution in [0.4, 0.5) is 4.39 Å². The van der Waals surface area contributed by atoms with Crippen molar-refractivity contribution in [2.45, 2.75) is 51.2 Å². The summed E-state index contributed by atoms with van der Waals surface area (Å²) in [5.74, 6) is -0.373. The predicted molar refractivity (Wildman–Crippen MR) is 78.0 cm³/mol. The zero-order valence-electron chi connectivity index (χ0n) is 12.0. The first-order valence-electron chi connectivity index (χ1n) is 6.74. The number of carbonyl (C=O) groups is 1. The molecule has 2 atom stereocenters. The molecule has 2 unspecified atom stereocenters. The third-order valence-electron chi connectivity index (χ3n) is 3.64. The van der Waals surface area contributed by atoms with Crippen molar-refractivity contribution in [2.24, 2.45) is 5.73 Å². The topological polar surface area (TPSA) is 46.3 Å². The van der Waals surface area contributed by atoms with E-state index in [1.807, 2.05) is 20.8 Å². The molecule has 2 rings (SSSR count). The molecule has 1 heterocycles. The fraction of sp³-hybridized carbons (Fsp3) is 0.533. The summed E-state index contributed by atoms with van der Waals surface area (Å²) in [6.45, 7) is 5.79. The average molecular weight is 299 g/mol. The molecular weight excluding hydrogens is 279 g/mol. The SMILES string of the molecule is CC(C)(C)N1C(=O)CCC(N)C1c1cc(Cl)ccc1F. The first kappa shape index (κ1) is 15.3. The molecule has 5 heteroatoms. The highest BCUT2D eigenvalue weighted by molar-refractivity contribution is 6.30. The summed E-state index contributed by atoms with van der Waals surface area (Å²) in [7, 11) is 0. The first-order chi connectivity index (χ1) is 9.21. The van der Waals surface area contributed by atoms with E-state index in [0.717, 1.165) is 0 Å². The maximum absolute atomic E-state index is 14.2. The lowest BCUT2D eigenvalue weighted by molar-refractivity contribution is -0.144. The van der Waals surface area contributed by atoms with Crippen LogP contribution in [0.2, 0.25) is 5.02 Å². The van der Waals surface area contributed by atoms with Crippen molar-refractivity contribution in [2.75, 3.05) is 0 Å². The standard InChI is InChI=1S/C15H20ClFN2O/c1-15(2,3)19-13(20)7-6-12(18)14(19)10-8-9(16)4-5-11(10)17/h4-5,8,12,14H,6-7,18H2,1-3H3. The second kappa shape index (κ2) is 5.34. The highest BCUT2D eigenvalue weighted by Gasteiger charge is 2.41. The minimum Gasteiger partial charge on any atom is -0.329 e. The Morgan fingerprint density at radius 3 is 2.65 bits per heavy atom. The number of hydrogen-bond acceptors (Lipinski definition) is 2. The van der Waals surface area contributed by atoms with Crippen LogP contribution >= 0.6 is 11.6 Å². The molecule has 2 N–H and O–H groups in total. The molecule has 1 amide bonds. The zero-order chi connectivity index (χ0) is 15.1. The van der Waals surface area contributed by atoms with E-state index in [-0.39, 0.29) is 17.8 Å². The number of amides is 1. The molecule has 0 aliphatic carbocycles. The van der Waals surface area contributed by atoms with Gasteiger partial charge in [0.2, 0.25) is 5.91 Å². The van der Waals surface area contributed by atoms with Gasteiger partial charge in [0.25, 0.3) is 0 Å². The number of nitrogens with two attached hydrogens (primary N) is 1. The normalized spacial score (nSPS) is 24.1. The van der Waals surface area contributed by atoms with Gasteiger partial charge in [-0.1, -0.05) is 11.6 Å². The molecule has 0 bridgehead atoms. The van der Waals surface area contributed by atoms with E-state index in [4.69, 9.17) is 17.3 Å². The largest absolute Gasteiger partial charge is 0.329 e. The van der Waals surface area contributed by atoms with Gasteiger partial charge in [0, 0.05) is 28.6 Å². The number of likely N-dealkylation sites (tertiary alicyclic amines) is 1. The molecule has 1 fully saturated rings. The molecule has 1 aromatic rings. The minimum atomic E-state index is -0.477. The quantitative estimate of drug-likeness (QED) is 0.865. The number of nitrogens with zero attached hydrogens (tertiary/aromatic N) is 1. The number of hydrogen-bond donors (Lipinski definition) is 1. The van der Waals surface area contributed by atoms with Crippen LogP contribution in [-0.2, 0) is 4.79 Å². The lowest BCUT2D eigenvalue weighted by Crippen LogP contribution is -2.56. The van der Waals surface area contributed by atoms with Crippen LogP contribution in [0.1, 0.15) is 45.2 Å². The predicted octanol–water partition coefficient (Wildman–Crippen LogP) is 3.27. The molecule has 1 aromatic carbocycles. The summed E-state index contributed by atoms with van der Waals surface area (Å²) in [4.78, 5) is 14.0. The smallest absolute Gasteiger partial charge is 0.223 e. The maximum atomic E-state index is 14.2. The zero-order valence-corrected chi connectivity index (χ0v) is 12.7. The van der Waals surface area contributed by atoms with E-state index in [9.17, 15) is 9.18 Å². The van der Waals surface area contributed by atoms with Crippen LogP contribution in [-0.4, -0.2) is 22.4 Å². The van der Waals surface area contributed by atoms with Crippen LogP contribution in [0, 0.1) is 5.82 Å². The van der Waals surface area contributed by atoms with Crippen molar-refractivity contribution in [3.63, 3.8) is 0 Å². The van der Waals surface area contributed by atoms with Gasteiger partial charge in [0.15, 0.2) is 0 Å². The Balaban J connectivity index is 2.53. The van der Waals surface area contributed by atoms with Crippen molar-refractivity contribution in [1.82, 2.24) is 4.90 Å². The van der Waals surface area contributed by atoms with Crippen molar-refractivity contribution >= 4 is 17.5 Å². The van der Waals surface area contributed by atoms with Gasteiger partial charge in [-0.2, -0.15) is 0 Å². The van der Waals surface area contributed by atoms with E-state index in [1.54, 1.807) is 11.0 Å². The Morgan fingerprint density at radius 1 is 1.40 bits per heavy atom. The highest BCUT2D eigenvalue weighted by Crippen LogP contribution is 2.38. The van der Waals surface area contributed by atoms with E-state index in [0.29, 0.717) is 23.4 Å². The highest BCUT2D eigenvalue weighted by atomic mass is 35.5. The molecule has 0 aromatic heterocycles. The van der Waals surface area contributed by atoms with Gasteiger partial charge in [-0.3, -0.25) is 4.79 Å². The van der Waals surface area contributed by atoms with Gasteiger partial charge in [-0.05, 0) is 45.4 Å². The van der Waals surface area contributed by atoms with Gasteiger partial charge in [0.1, 0.15) is 5.82 Å². The molecule has 1 aliphatic rings. The fourth-order valence-electron chi connectivity index (χ4n) is 2.82. The summed E-state index contributed by atoms with van der Waals surface area (Å²) in [6.07, 6.45) is 0.957. The lowest BCUT2D eigenvalue weighted by atomic mass is 9.86. The molecule has 1 aliphatic heterocycles. The van der Waals surface area contributed by atoms with Crippen molar-refractivity contribution in [1.29, 1.82) is 0 Å². The lowest BCUT2D eigenvalue weighted by Gasteiger charge is -2.47. The Morgan fingerprint density at radius 2 is 2.05 bits per heavy atom. The van der Waals surface area contributed by atoms with E-state index in [1.165, 1.54) is 12.1 Å². The summed E-state index contributed by atoms with van der Waals surface area (Å²) in [5.41, 5.74) is 6.15. The van der Waals surface area contributed by atoms with E-state index in [2.05, 4.69) is 0 Å². The van der Waals surface area contributed by atoms with Crippen LogP contribution in [0.5, 0.6) is 0 Å². The monoisotopic (exact) mass is 298 g/mol. The Labute approximate surface area is 123 Å². The molecule has 0 radical (unpaired) electrons. The van der Waals surface area contributed by atoms with Crippen molar-refractivity contribution in [3.05, 3.63) is 34.6 Å². The van der Waals surface area contributed by atoms with Crippen LogP contribution in [0.15, 0.2) is 18.2 Å². The Kier molecular flexibility index (Phi) is 4.07. The van der Waals surface area contributed by atoms with Crippen LogP contribution in [0.3, 0.4) is 0 Å². The van der Waals surface area contributed by atoms with Crippen LogP contribution in [0.25, 0.3) is 0 Å². The summed E-state index contributed by atoms with van der Waals surface area (Å²) in [6, 6.07) is 3.62. The molecular formula is C15H20ClFN2O. The number of piperidine rings is 1. The second-order valence-electron chi connectivity index (χ2n) is 6.25. The van der Waals surface area contributed by atoms with E-state index < -0.39 is 11.6 Å². The third-order valence-corrected chi connectivity index (χ3v) is 3.88. The molecule has 0 spiro atoms. The van der Waals surface area contributed by atoms with Gasteiger partial charge in [-0.15, -0.1) is 0 Å². The van der Waals surface area contributed by atoms with Gasteiger partial charge >= 0.3 is 0 Å². The van der Waals surface area contributed by atoms with Gasteiger partial charge in [0.05, 0.1) is 6.04 Å². The Hall–Kier alpha value is -1.13. The molecule has 0 saturated carbocycles. The van der Waals surface area contributed by atoms with Crippen molar-refractivity contribution in [3.8, 4) is 0 Å². The van der Waals surface area contributed by atoms with Gasteiger partial charge < -0.3 is 10.6 Å². The summed E-state index contributed by atoms with van der Waals surface area (Å²) in [5, 5.41) is 0.445. The molecule has 3 nitrogen and oxygen atoms in total.